The van der Waals surface area contributed by atoms with Crippen molar-refractivity contribution in [2.24, 2.45) is 11.8 Å². The average Bonchev–Trinajstić information content (AvgIpc) is 3.35. The van der Waals surface area contributed by atoms with Gasteiger partial charge in [-0.15, -0.1) is 0 Å². The highest BCUT2D eigenvalue weighted by Gasteiger charge is 2.44. The number of hydrogen-bond donors (Lipinski definition) is 2. The number of ketones is 1. The van der Waals surface area contributed by atoms with Crippen molar-refractivity contribution in [1.29, 1.82) is 0 Å². The molecule has 7 nitrogen and oxygen atoms in total. The lowest BCUT2D eigenvalue weighted by Gasteiger charge is -2.28. The molecule has 0 spiro atoms. The molecular formula is C20H24N2O5. The van der Waals surface area contributed by atoms with E-state index in [-0.39, 0.29) is 11.8 Å². The van der Waals surface area contributed by atoms with Gasteiger partial charge >= 0.3 is 5.97 Å². The minimum Gasteiger partial charge on any atom is -0.475 e. The Morgan fingerprint density at radius 3 is 2.41 bits per heavy atom. The molecule has 1 heterocycles. The fraction of sp³-hybridized carbons (Fsp3) is 0.500. The minimum absolute atomic E-state index is 0.157. The Labute approximate surface area is 157 Å². The maximum atomic E-state index is 13.0. The molecule has 0 aromatic heterocycles. The van der Waals surface area contributed by atoms with Crippen molar-refractivity contribution in [3.05, 3.63) is 35.9 Å². The van der Waals surface area contributed by atoms with E-state index in [4.69, 9.17) is 5.11 Å². The molecule has 1 aliphatic heterocycles. The number of carboxylic acid groups (broad SMARTS) is 1. The van der Waals surface area contributed by atoms with Crippen molar-refractivity contribution in [3.8, 4) is 0 Å². The third-order valence-electron chi connectivity index (χ3n) is 5.53. The van der Waals surface area contributed by atoms with Crippen molar-refractivity contribution in [3.63, 3.8) is 0 Å². The van der Waals surface area contributed by atoms with Gasteiger partial charge in [-0.1, -0.05) is 36.8 Å². The van der Waals surface area contributed by atoms with Gasteiger partial charge in [0.1, 0.15) is 6.04 Å². The van der Waals surface area contributed by atoms with Gasteiger partial charge in [0.2, 0.25) is 11.8 Å². The lowest BCUT2D eigenvalue weighted by molar-refractivity contribution is -0.154. The largest absolute Gasteiger partial charge is 0.475 e. The molecule has 2 aliphatic rings. The Balaban J connectivity index is 1.64. The van der Waals surface area contributed by atoms with Crippen LogP contribution in [0.1, 0.15) is 37.7 Å². The Morgan fingerprint density at radius 2 is 1.70 bits per heavy atom. The maximum absolute atomic E-state index is 13.0. The van der Waals surface area contributed by atoms with E-state index in [0.29, 0.717) is 38.8 Å². The Bertz CT molecular complexity index is 733. The van der Waals surface area contributed by atoms with E-state index >= 15 is 0 Å². The van der Waals surface area contributed by atoms with Gasteiger partial charge in [-0.25, -0.2) is 4.79 Å². The fourth-order valence-corrected chi connectivity index (χ4v) is 4.14. The number of Topliss-reactive ketones (excluding diaryl/α,β-unsaturated/α-hetero) is 1. The summed E-state index contributed by atoms with van der Waals surface area (Å²) in [6, 6.07) is 8.64. The number of carbonyl (C=O) groups excluding carboxylic acids is 3. The van der Waals surface area contributed by atoms with Crippen LogP contribution in [0.4, 0.5) is 0 Å². The first-order valence-corrected chi connectivity index (χ1v) is 9.38. The van der Waals surface area contributed by atoms with Crippen LogP contribution in [0, 0.1) is 11.8 Å². The topological polar surface area (TPSA) is 104 Å². The van der Waals surface area contributed by atoms with Gasteiger partial charge < -0.3 is 15.3 Å². The number of likely N-dealkylation sites (tertiary alicyclic amines) is 1. The normalized spacial score (nSPS) is 24.6. The van der Waals surface area contributed by atoms with E-state index in [1.807, 2.05) is 30.3 Å². The number of nitrogens with one attached hydrogen (secondary N) is 1. The van der Waals surface area contributed by atoms with Crippen molar-refractivity contribution in [2.45, 2.75) is 44.7 Å². The van der Waals surface area contributed by atoms with Gasteiger partial charge in [-0.05, 0) is 31.2 Å². The highest BCUT2D eigenvalue weighted by atomic mass is 16.4. The fourth-order valence-electron chi connectivity index (χ4n) is 4.14. The monoisotopic (exact) mass is 372 g/mol. The zero-order valence-electron chi connectivity index (χ0n) is 15.1. The Hall–Kier alpha value is -2.70. The minimum atomic E-state index is -1.51. The smallest absolute Gasteiger partial charge is 0.374 e. The molecular weight excluding hydrogens is 348 g/mol. The summed E-state index contributed by atoms with van der Waals surface area (Å²) in [5.74, 6) is -3.78. The van der Waals surface area contributed by atoms with Gasteiger partial charge in [-0.2, -0.15) is 0 Å². The molecule has 1 aliphatic carbocycles. The molecule has 0 bridgehead atoms. The molecule has 2 amide bonds. The second-order valence-electron chi connectivity index (χ2n) is 7.21. The Morgan fingerprint density at radius 1 is 1.00 bits per heavy atom. The standard InChI is InChI=1S/C20H24N2O5/c23-17(20(26)27)16-10-5-11-22(16)19(25)15-9-4-8-14(15)18(24)21-12-13-6-2-1-3-7-13/h1-3,6-7,14-16H,4-5,8-12H2,(H,21,24)(H,26,27)/t14-,15?,16?/m0/s1. The molecule has 1 saturated heterocycles. The zero-order valence-corrected chi connectivity index (χ0v) is 15.1. The summed E-state index contributed by atoms with van der Waals surface area (Å²) in [6.45, 7) is 0.776. The van der Waals surface area contributed by atoms with Crippen LogP contribution in [0.25, 0.3) is 0 Å². The highest BCUT2D eigenvalue weighted by molar-refractivity contribution is 6.35. The molecule has 2 N–H and O–H groups in total. The predicted octanol–water partition coefficient (Wildman–Crippen LogP) is 1.36. The third-order valence-corrected chi connectivity index (χ3v) is 5.53. The van der Waals surface area contributed by atoms with Crippen molar-refractivity contribution < 1.29 is 24.3 Å². The number of carbonyl (C=O) groups is 4. The van der Waals surface area contributed by atoms with Gasteiger partial charge in [0, 0.05) is 24.9 Å². The molecule has 1 aromatic carbocycles. The van der Waals surface area contributed by atoms with E-state index in [0.717, 1.165) is 12.0 Å². The van der Waals surface area contributed by atoms with E-state index < -0.39 is 29.6 Å². The van der Waals surface area contributed by atoms with Crippen LogP contribution in [0.5, 0.6) is 0 Å². The molecule has 27 heavy (non-hydrogen) atoms. The molecule has 7 heteroatoms. The molecule has 2 unspecified atom stereocenters. The van der Waals surface area contributed by atoms with Gasteiger partial charge in [0.25, 0.3) is 5.78 Å². The van der Waals surface area contributed by atoms with Crippen LogP contribution < -0.4 is 5.32 Å². The molecule has 3 atom stereocenters. The van der Waals surface area contributed by atoms with Crippen LogP contribution >= 0.6 is 0 Å². The van der Waals surface area contributed by atoms with Crippen LogP contribution in [0.15, 0.2) is 30.3 Å². The van der Waals surface area contributed by atoms with Gasteiger partial charge in [0.15, 0.2) is 0 Å². The maximum Gasteiger partial charge on any atom is 0.374 e. The lowest BCUT2D eigenvalue weighted by Crippen LogP contribution is -2.47. The molecule has 1 aromatic rings. The molecule has 1 saturated carbocycles. The quantitative estimate of drug-likeness (QED) is 0.734. The summed E-state index contributed by atoms with van der Waals surface area (Å²) in [5.41, 5.74) is 0.985. The number of benzene rings is 1. The van der Waals surface area contributed by atoms with E-state index in [2.05, 4.69) is 5.32 Å². The van der Waals surface area contributed by atoms with E-state index in [1.165, 1.54) is 4.90 Å². The van der Waals surface area contributed by atoms with Gasteiger partial charge in [0.05, 0.1) is 0 Å². The van der Waals surface area contributed by atoms with Crippen LogP contribution in [0.3, 0.4) is 0 Å². The van der Waals surface area contributed by atoms with Crippen molar-refractivity contribution in [1.82, 2.24) is 10.2 Å². The number of carboxylic acids is 1. The average molecular weight is 372 g/mol. The first kappa shape index (κ1) is 19.1. The van der Waals surface area contributed by atoms with E-state index in [9.17, 15) is 19.2 Å². The lowest BCUT2D eigenvalue weighted by atomic mass is 9.93. The number of aliphatic carboxylic acids is 1. The number of nitrogens with zero attached hydrogens (tertiary/aromatic N) is 1. The predicted molar refractivity (Wildman–Crippen MR) is 96.5 cm³/mol. The molecule has 3 rings (SSSR count). The molecule has 144 valence electrons. The second kappa shape index (κ2) is 8.33. The highest BCUT2D eigenvalue weighted by Crippen LogP contribution is 2.35. The summed E-state index contributed by atoms with van der Waals surface area (Å²) in [7, 11) is 0. The first-order chi connectivity index (χ1) is 13.0. The second-order valence-corrected chi connectivity index (χ2v) is 7.21. The summed E-state index contributed by atoms with van der Waals surface area (Å²) >= 11 is 0. The number of rotatable bonds is 6. The summed E-state index contributed by atoms with van der Waals surface area (Å²) in [4.78, 5) is 49.9. The third kappa shape index (κ3) is 4.18. The zero-order chi connectivity index (χ0) is 19.4. The van der Waals surface area contributed by atoms with Crippen molar-refractivity contribution in [2.75, 3.05) is 6.54 Å². The SMILES string of the molecule is O=C(O)C(=O)C1CCCN1C(=O)C1CCC[C@@H]1C(=O)NCc1ccccc1. The van der Waals surface area contributed by atoms with Crippen LogP contribution in [0.2, 0.25) is 0 Å². The summed E-state index contributed by atoms with van der Waals surface area (Å²) in [5, 5.41) is 11.9. The first-order valence-electron chi connectivity index (χ1n) is 9.38. The summed E-state index contributed by atoms with van der Waals surface area (Å²) in [6.07, 6.45) is 2.96. The van der Waals surface area contributed by atoms with Crippen molar-refractivity contribution >= 4 is 23.6 Å². The van der Waals surface area contributed by atoms with Crippen LogP contribution in [-0.4, -0.2) is 46.2 Å². The Kier molecular flexibility index (Phi) is 5.88. The molecule has 0 radical (unpaired) electrons. The molecule has 2 fully saturated rings. The van der Waals surface area contributed by atoms with Gasteiger partial charge in [-0.3, -0.25) is 14.4 Å². The van der Waals surface area contributed by atoms with Crippen LogP contribution in [-0.2, 0) is 25.7 Å². The van der Waals surface area contributed by atoms with E-state index in [1.54, 1.807) is 0 Å². The number of hydrogen-bond acceptors (Lipinski definition) is 4. The number of amides is 2. The summed E-state index contributed by atoms with van der Waals surface area (Å²) < 4.78 is 0.